The second-order valence-electron chi connectivity index (χ2n) is 6.77. The van der Waals surface area contributed by atoms with E-state index in [0.717, 1.165) is 36.0 Å². The third-order valence-electron chi connectivity index (χ3n) is 4.68. The fraction of sp³-hybridized carbons (Fsp3) is 0.556. The third kappa shape index (κ3) is 3.45. The van der Waals surface area contributed by atoms with E-state index in [9.17, 15) is 9.90 Å². The molecule has 0 amide bonds. The molecule has 1 aliphatic carbocycles. The Kier molecular flexibility index (Phi) is 4.90. The van der Waals surface area contributed by atoms with E-state index in [1.165, 1.54) is 16.9 Å². The number of thiophene rings is 1. The van der Waals surface area contributed by atoms with Crippen LogP contribution in [0.4, 0.5) is 0 Å². The Morgan fingerprint density at radius 3 is 2.92 bits per heavy atom. The molecule has 0 saturated carbocycles. The van der Waals surface area contributed by atoms with Gasteiger partial charge in [-0.3, -0.25) is 9.69 Å². The van der Waals surface area contributed by atoms with E-state index in [-0.39, 0.29) is 5.56 Å². The van der Waals surface area contributed by atoms with Gasteiger partial charge in [0.25, 0.3) is 5.56 Å². The summed E-state index contributed by atoms with van der Waals surface area (Å²) in [5.41, 5.74) is 0.229. The van der Waals surface area contributed by atoms with Crippen LogP contribution in [0.5, 0.6) is 0 Å². The molecule has 0 spiro atoms. The lowest BCUT2D eigenvalue weighted by Crippen LogP contribution is -2.39. The molecule has 2 heterocycles. The van der Waals surface area contributed by atoms with Gasteiger partial charge in [0.1, 0.15) is 10.7 Å². The van der Waals surface area contributed by atoms with Gasteiger partial charge in [0, 0.05) is 11.4 Å². The first-order valence-electron chi connectivity index (χ1n) is 8.55. The summed E-state index contributed by atoms with van der Waals surface area (Å²) in [5, 5.41) is 11.0. The van der Waals surface area contributed by atoms with Gasteiger partial charge in [-0.1, -0.05) is 13.0 Å². The molecular formula is C18H25N3O2S. The lowest BCUT2D eigenvalue weighted by molar-refractivity contribution is 0.0600. The Labute approximate surface area is 146 Å². The molecule has 0 radical (unpaired) electrons. The van der Waals surface area contributed by atoms with Gasteiger partial charge in [0.2, 0.25) is 0 Å². The molecule has 1 unspecified atom stereocenters. The SMILES string of the molecule is C=CC(C)(O)CN(CC)Cc1nc2sc3c(c2c(=O)[nH]1)CCCC3. The van der Waals surface area contributed by atoms with Gasteiger partial charge in [-0.25, -0.2) is 4.98 Å². The Balaban J connectivity index is 1.90. The van der Waals surface area contributed by atoms with E-state index < -0.39 is 5.60 Å². The lowest BCUT2D eigenvalue weighted by Gasteiger charge is -2.28. The van der Waals surface area contributed by atoms with Crippen molar-refractivity contribution < 1.29 is 5.11 Å². The quantitative estimate of drug-likeness (QED) is 0.788. The highest BCUT2D eigenvalue weighted by molar-refractivity contribution is 7.18. The van der Waals surface area contributed by atoms with Gasteiger partial charge < -0.3 is 10.1 Å². The minimum atomic E-state index is -0.956. The minimum absolute atomic E-state index is 0.0269. The van der Waals surface area contributed by atoms with Crippen LogP contribution in [0.2, 0.25) is 0 Å². The second kappa shape index (κ2) is 6.78. The van der Waals surface area contributed by atoms with E-state index in [2.05, 4.69) is 16.5 Å². The summed E-state index contributed by atoms with van der Waals surface area (Å²) in [4.78, 5) is 24.5. The van der Waals surface area contributed by atoms with E-state index in [0.29, 0.717) is 18.9 Å². The molecule has 2 aromatic heterocycles. The highest BCUT2D eigenvalue weighted by Crippen LogP contribution is 2.33. The van der Waals surface area contributed by atoms with Crippen LogP contribution in [-0.2, 0) is 19.4 Å². The fourth-order valence-corrected chi connectivity index (χ4v) is 4.57. The molecule has 0 aliphatic heterocycles. The molecule has 0 aromatic carbocycles. The Bertz CT molecular complexity index is 806. The molecule has 3 rings (SSSR count). The van der Waals surface area contributed by atoms with Gasteiger partial charge in [0.05, 0.1) is 17.5 Å². The Hall–Kier alpha value is -1.50. The number of nitrogens with zero attached hydrogens (tertiary/aromatic N) is 2. The molecule has 1 aliphatic rings. The zero-order chi connectivity index (χ0) is 17.3. The molecule has 0 saturated heterocycles. The number of nitrogens with one attached hydrogen (secondary N) is 1. The smallest absolute Gasteiger partial charge is 0.259 e. The van der Waals surface area contributed by atoms with E-state index in [1.54, 1.807) is 24.3 Å². The van der Waals surface area contributed by atoms with Crippen molar-refractivity contribution in [2.75, 3.05) is 13.1 Å². The summed E-state index contributed by atoms with van der Waals surface area (Å²) in [6, 6.07) is 0. The summed E-state index contributed by atoms with van der Waals surface area (Å²) >= 11 is 1.67. The maximum atomic E-state index is 12.6. The summed E-state index contributed by atoms with van der Waals surface area (Å²) in [5.74, 6) is 0.660. The third-order valence-corrected chi connectivity index (χ3v) is 5.86. The number of aromatic nitrogens is 2. The highest BCUT2D eigenvalue weighted by Gasteiger charge is 2.22. The monoisotopic (exact) mass is 347 g/mol. The number of aryl methyl sites for hydroxylation is 2. The van der Waals surface area contributed by atoms with Crippen molar-refractivity contribution in [3.63, 3.8) is 0 Å². The zero-order valence-electron chi connectivity index (χ0n) is 14.4. The summed E-state index contributed by atoms with van der Waals surface area (Å²) < 4.78 is 0. The number of likely N-dealkylation sites (N-methyl/N-ethyl adjacent to an activating group) is 1. The summed E-state index contributed by atoms with van der Waals surface area (Å²) in [6.07, 6.45) is 5.95. The molecular weight excluding hydrogens is 322 g/mol. The van der Waals surface area contributed by atoms with Crippen molar-refractivity contribution >= 4 is 21.6 Å². The average Bonchev–Trinajstić information content (AvgIpc) is 2.92. The first-order valence-corrected chi connectivity index (χ1v) is 9.37. The first-order chi connectivity index (χ1) is 11.4. The minimum Gasteiger partial charge on any atom is -0.385 e. The highest BCUT2D eigenvalue weighted by atomic mass is 32.1. The molecule has 6 heteroatoms. The molecule has 24 heavy (non-hydrogen) atoms. The van der Waals surface area contributed by atoms with Crippen LogP contribution >= 0.6 is 11.3 Å². The van der Waals surface area contributed by atoms with Crippen LogP contribution in [0.15, 0.2) is 17.4 Å². The largest absolute Gasteiger partial charge is 0.385 e. The molecule has 5 nitrogen and oxygen atoms in total. The number of aliphatic hydroxyl groups is 1. The van der Waals surface area contributed by atoms with Crippen molar-refractivity contribution in [1.82, 2.24) is 14.9 Å². The molecule has 2 aromatic rings. The van der Waals surface area contributed by atoms with E-state index >= 15 is 0 Å². The molecule has 130 valence electrons. The Morgan fingerprint density at radius 1 is 1.46 bits per heavy atom. The number of hydrogen-bond acceptors (Lipinski definition) is 5. The van der Waals surface area contributed by atoms with Crippen LogP contribution in [0, 0.1) is 0 Å². The molecule has 0 fully saturated rings. The van der Waals surface area contributed by atoms with Crippen molar-refractivity contribution in [3.05, 3.63) is 39.3 Å². The topological polar surface area (TPSA) is 69.2 Å². The van der Waals surface area contributed by atoms with Crippen molar-refractivity contribution in [2.45, 2.75) is 51.7 Å². The van der Waals surface area contributed by atoms with Crippen LogP contribution in [0.3, 0.4) is 0 Å². The zero-order valence-corrected chi connectivity index (χ0v) is 15.2. The number of hydrogen-bond donors (Lipinski definition) is 2. The van der Waals surface area contributed by atoms with Crippen molar-refractivity contribution in [2.24, 2.45) is 0 Å². The molecule has 1 atom stereocenters. The van der Waals surface area contributed by atoms with Crippen molar-refractivity contribution in [3.8, 4) is 0 Å². The predicted octanol–water partition coefficient (Wildman–Crippen LogP) is 2.62. The molecule has 0 bridgehead atoms. The van der Waals surface area contributed by atoms with Crippen LogP contribution in [0.1, 0.15) is 43.0 Å². The van der Waals surface area contributed by atoms with Gasteiger partial charge in [0.15, 0.2) is 0 Å². The Morgan fingerprint density at radius 2 is 2.21 bits per heavy atom. The summed E-state index contributed by atoms with van der Waals surface area (Å²) in [7, 11) is 0. The maximum absolute atomic E-state index is 12.6. The number of aromatic amines is 1. The number of rotatable bonds is 6. The van der Waals surface area contributed by atoms with Crippen LogP contribution in [-0.4, -0.2) is 38.7 Å². The van der Waals surface area contributed by atoms with Gasteiger partial charge in [-0.05, 0) is 44.7 Å². The summed E-state index contributed by atoms with van der Waals surface area (Å²) in [6.45, 7) is 9.15. The van der Waals surface area contributed by atoms with E-state index in [4.69, 9.17) is 4.98 Å². The van der Waals surface area contributed by atoms with Crippen LogP contribution < -0.4 is 5.56 Å². The predicted molar refractivity (Wildman–Crippen MR) is 98.7 cm³/mol. The molecule has 2 N–H and O–H groups in total. The van der Waals surface area contributed by atoms with Gasteiger partial charge in [-0.2, -0.15) is 0 Å². The standard InChI is InChI=1S/C18H25N3O2S/c1-4-18(3,23)11-21(5-2)10-14-19-16(22)15-12-8-6-7-9-13(12)24-17(15)20-14/h4,23H,1,5-11H2,2-3H3,(H,19,20,22). The fourth-order valence-electron chi connectivity index (χ4n) is 3.29. The number of fused-ring (bicyclic) bond motifs is 3. The van der Waals surface area contributed by atoms with Crippen molar-refractivity contribution in [1.29, 1.82) is 0 Å². The first kappa shape index (κ1) is 17.3. The van der Waals surface area contributed by atoms with Crippen LogP contribution in [0.25, 0.3) is 10.2 Å². The average molecular weight is 347 g/mol. The maximum Gasteiger partial charge on any atom is 0.259 e. The number of H-pyrrole nitrogens is 1. The van der Waals surface area contributed by atoms with E-state index in [1.807, 2.05) is 6.92 Å². The lowest BCUT2D eigenvalue weighted by atomic mass is 9.97. The second-order valence-corrected chi connectivity index (χ2v) is 7.85. The van der Waals surface area contributed by atoms with Gasteiger partial charge >= 0.3 is 0 Å². The normalized spacial score (nSPS) is 17.0. The van der Waals surface area contributed by atoms with Gasteiger partial charge in [-0.15, -0.1) is 17.9 Å².